The van der Waals surface area contributed by atoms with Gasteiger partial charge < -0.3 is 9.64 Å². The summed E-state index contributed by atoms with van der Waals surface area (Å²) in [5, 5.41) is 0. The fourth-order valence-electron chi connectivity index (χ4n) is 2.13. The van der Waals surface area contributed by atoms with Gasteiger partial charge in [0.1, 0.15) is 11.5 Å². The van der Waals surface area contributed by atoms with Crippen LogP contribution in [-0.2, 0) is 4.79 Å². The molecular weight excluding hydrogens is 202 g/mol. The summed E-state index contributed by atoms with van der Waals surface area (Å²) in [5.74, 6) is 1.17. The summed E-state index contributed by atoms with van der Waals surface area (Å²) >= 11 is 0. The van der Waals surface area contributed by atoms with E-state index in [0.717, 1.165) is 24.4 Å². The van der Waals surface area contributed by atoms with Crippen molar-refractivity contribution in [1.82, 2.24) is 4.90 Å². The molecule has 1 aliphatic heterocycles. The predicted molar refractivity (Wildman–Crippen MR) is 62.9 cm³/mol. The van der Waals surface area contributed by atoms with Crippen LogP contribution in [0.5, 0.6) is 5.75 Å². The average molecular weight is 219 g/mol. The number of piperidine rings is 1. The number of rotatable bonds is 2. The van der Waals surface area contributed by atoms with Gasteiger partial charge in [-0.1, -0.05) is 12.1 Å². The summed E-state index contributed by atoms with van der Waals surface area (Å²) in [6.45, 7) is 1.69. The van der Waals surface area contributed by atoms with Crippen LogP contribution < -0.4 is 4.74 Å². The molecule has 0 spiro atoms. The summed E-state index contributed by atoms with van der Waals surface area (Å²) < 4.78 is 5.18. The van der Waals surface area contributed by atoms with E-state index >= 15 is 0 Å². The van der Waals surface area contributed by atoms with Gasteiger partial charge in [0, 0.05) is 19.5 Å². The molecule has 1 atom stereocenters. The number of Topliss-reactive ketones (excluding diaryl/α,β-unsaturated/α-hetero) is 1. The van der Waals surface area contributed by atoms with Gasteiger partial charge in [-0.05, 0) is 24.7 Å². The number of likely N-dealkylation sites (N-methyl/N-ethyl adjacent to an activating group) is 1. The number of carbonyl (C=O) groups excluding carboxylic acids is 1. The predicted octanol–water partition coefficient (Wildman–Crippen LogP) is 1.68. The summed E-state index contributed by atoms with van der Waals surface area (Å²) in [6, 6.07) is 7.81. The van der Waals surface area contributed by atoms with E-state index in [9.17, 15) is 4.79 Å². The first-order chi connectivity index (χ1) is 7.70. The molecule has 0 saturated carbocycles. The van der Waals surface area contributed by atoms with Crippen LogP contribution in [0, 0.1) is 0 Å². The minimum atomic E-state index is 0.00819. The maximum absolute atomic E-state index is 11.9. The third-order valence-electron chi connectivity index (χ3n) is 3.12. The fraction of sp³-hybridized carbons (Fsp3) is 0.462. The third-order valence-corrected chi connectivity index (χ3v) is 3.12. The molecular formula is C13H17NO2. The largest absolute Gasteiger partial charge is 0.497 e. The van der Waals surface area contributed by atoms with Gasteiger partial charge in [0.15, 0.2) is 0 Å². The Morgan fingerprint density at radius 3 is 3.00 bits per heavy atom. The van der Waals surface area contributed by atoms with Gasteiger partial charge in [0.2, 0.25) is 0 Å². The lowest BCUT2D eigenvalue weighted by Gasteiger charge is -2.28. The standard InChI is InChI=1S/C13H17NO2/c1-14-7-6-13(15)12(9-14)10-4-3-5-11(8-10)16-2/h3-5,8,12H,6-7,9H2,1-2H3. The van der Waals surface area contributed by atoms with Crippen LogP contribution in [-0.4, -0.2) is 37.9 Å². The fourth-order valence-corrected chi connectivity index (χ4v) is 2.13. The normalized spacial score (nSPS) is 22.1. The Bertz CT molecular complexity index is 389. The molecule has 0 aliphatic carbocycles. The molecule has 0 bridgehead atoms. The van der Waals surface area contributed by atoms with Gasteiger partial charge >= 0.3 is 0 Å². The SMILES string of the molecule is COc1cccc(C2CN(C)CCC2=O)c1. The van der Waals surface area contributed by atoms with Crippen LogP contribution in [0.4, 0.5) is 0 Å². The molecule has 1 aromatic rings. The molecule has 1 heterocycles. The number of ether oxygens (including phenoxy) is 1. The number of likely N-dealkylation sites (tertiary alicyclic amines) is 1. The second-order valence-electron chi connectivity index (χ2n) is 4.31. The number of methoxy groups -OCH3 is 1. The summed E-state index contributed by atoms with van der Waals surface area (Å²) in [7, 11) is 3.70. The van der Waals surface area contributed by atoms with Gasteiger partial charge in [-0.25, -0.2) is 0 Å². The maximum atomic E-state index is 11.9. The van der Waals surface area contributed by atoms with Crippen LogP contribution >= 0.6 is 0 Å². The van der Waals surface area contributed by atoms with Crippen molar-refractivity contribution in [3.8, 4) is 5.75 Å². The van der Waals surface area contributed by atoms with Crippen molar-refractivity contribution in [1.29, 1.82) is 0 Å². The lowest BCUT2D eigenvalue weighted by atomic mass is 9.89. The highest BCUT2D eigenvalue weighted by Crippen LogP contribution is 2.26. The van der Waals surface area contributed by atoms with E-state index in [1.54, 1.807) is 7.11 Å². The van der Waals surface area contributed by atoms with Crippen LogP contribution in [0.1, 0.15) is 17.9 Å². The molecule has 0 radical (unpaired) electrons. The van der Waals surface area contributed by atoms with E-state index in [0.29, 0.717) is 12.2 Å². The second-order valence-corrected chi connectivity index (χ2v) is 4.31. The minimum Gasteiger partial charge on any atom is -0.497 e. The molecule has 1 unspecified atom stereocenters. The highest BCUT2D eigenvalue weighted by Gasteiger charge is 2.26. The van der Waals surface area contributed by atoms with Gasteiger partial charge in [-0.3, -0.25) is 4.79 Å². The van der Waals surface area contributed by atoms with Crippen LogP contribution in [0.25, 0.3) is 0 Å². The molecule has 16 heavy (non-hydrogen) atoms. The zero-order valence-electron chi connectivity index (χ0n) is 9.77. The minimum absolute atomic E-state index is 0.00819. The zero-order chi connectivity index (χ0) is 11.5. The Kier molecular flexibility index (Phi) is 3.25. The molecule has 1 aliphatic rings. The molecule has 1 saturated heterocycles. The number of benzene rings is 1. The summed E-state index contributed by atoms with van der Waals surface area (Å²) in [6.07, 6.45) is 0.651. The zero-order valence-corrected chi connectivity index (χ0v) is 9.77. The summed E-state index contributed by atoms with van der Waals surface area (Å²) in [5.41, 5.74) is 1.07. The molecule has 0 amide bonds. The van der Waals surface area contributed by atoms with E-state index in [-0.39, 0.29) is 5.92 Å². The first-order valence-electron chi connectivity index (χ1n) is 5.56. The second kappa shape index (κ2) is 4.66. The number of ketones is 1. The van der Waals surface area contributed by atoms with E-state index in [4.69, 9.17) is 4.74 Å². The first kappa shape index (κ1) is 11.1. The summed E-state index contributed by atoms with van der Waals surface area (Å²) in [4.78, 5) is 14.1. The monoisotopic (exact) mass is 219 g/mol. The van der Waals surface area contributed by atoms with Crippen LogP contribution in [0.3, 0.4) is 0 Å². The van der Waals surface area contributed by atoms with E-state index in [2.05, 4.69) is 11.9 Å². The Hall–Kier alpha value is -1.35. The van der Waals surface area contributed by atoms with E-state index < -0.39 is 0 Å². The first-order valence-corrected chi connectivity index (χ1v) is 5.56. The topological polar surface area (TPSA) is 29.5 Å². The van der Waals surface area contributed by atoms with E-state index in [1.807, 2.05) is 24.3 Å². The molecule has 3 heteroatoms. The van der Waals surface area contributed by atoms with Gasteiger partial charge in [0.25, 0.3) is 0 Å². The van der Waals surface area contributed by atoms with Crippen molar-refractivity contribution in [2.24, 2.45) is 0 Å². The van der Waals surface area contributed by atoms with Crippen molar-refractivity contribution >= 4 is 5.78 Å². The van der Waals surface area contributed by atoms with Crippen molar-refractivity contribution in [3.05, 3.63) is 29.8 Å². The molecule has 86 valence electrons. The van der Waals surface area contributed by atoms with Gasteiger partial charge in [-0.2, -0.15) is 0 Å². The molecule has 1 fully saturated rings. The Morgan fingerprint density at radius 1 is 1.44 bits per heavy atom. The van der Waals surface area contributed by atoms with Crippen LogP contribution in [0.15, 0.2) is 24.3 Å². The molecule has 1 aromatic carbocycles. The van der Waals surface area contributed by atoms with Gasteiger partial charge in [-0.15, -0.1) is 0 Å². The Balaban J connectivity index is 2.24. The Labute approximate surface area is 96.0 Å². The third kappa shape index (κ3) is 2.25. The molecule has 3 nitrogen and oxygen atoms in total. The molecule has 0 N–H and O–H groups in total. The molecule has 0 aromatic heterocycles. The highest BCUT2D eigenvalue weighted by molar-refractivity contribution is 5.87. The number of hydrogen-bond donors (Lipinski definition) is 0. The quantitative estimate of drug-likeness (QED) is 0.758. The van der Waals surface area contributed by atoms with Crippen molar-refractivity contribution in [3.63, 3.8) is 0 Å². The smallest absolute Gasteiger partial charge is 0.142 e. The Morgan fingerprint density at radius 2 is 2.25 bits per heavy atom. The lowest BCUT2D eigenvalue weighted by molar-refractivity contribution is -0.123. The van der Waals surface area contributed by atoms with Crippen molar-refractivity contribution in [2.45, 2.75) is 12.3 Å². The van der Waals surface area contributed by atoms with Crippen molar-refractivity contribution in [2.75, 3.05) is 27.2 Å². The highest BCUT2D eigenvalue weighted by atomic mass is 16.5. The number of nitrogens with zero attached hydrogens (tertiary/aromatic N) is 1. The lowest BCUT2D eigenvalue weighted by Crippen LogP contribution is -2.36. The number of carbonyl (C=O) groups is 1. The van der Waals surface area contributed by atoms with E-state index in [1.165, 1.54) is 0 Å². The maximum Gasteiger partial charge on any atom is 0.142 e. The average Bonchev–Trinajstić information content (AvgIpc) is 2.32. The van der Waals surface area contributed by atoms with Crippen molar-refractivity contribution < 1.29 is 9.53 Å². The van der Waals surface area contributed by atoms with Crippen LogP contribution in [0.2, 0.25) is 0 Å². The number of hydrogen-bond acceptors (Lipinski definition) is 3. The van der Waals surface area contributed by atoms with Gasteiger partial charge in [0.05, 0.1) is 13.0 Å². The molecule has 2 rings (SSSR count).